The first kappa shape index (κ1) is 28.8. The van der Waals surface area contributed by atoms with E-state index in [1.165, 1.54) is 0 Å². The largest absolute Gasteiger partial charge is 0.309 e. The van der Waals surface area contributed by atoms with Crippen LogP contribution in [0.3, 0.4) is 0 Å². The van der Waals surface area contributed by atoms with Gasteiger partial charge in [-0.3, -0.25) is 0 Å². The monoisotopic (exact) mass is 635 g/mol. The van der Waals surface area contributed by atoms with Gasteiger partial charge in [0.05, 0.1) is 62.7 Å². The molecule has 2 heterocycles. The van der Waals surface area contributed by atoms with Crippen molar-refractivity contribution in [2.24, 2.45) is 0 Å². The fraction of sp³-hybridized carbons (Fsp3) is 0. The maximum atomic E-state index is 10.4. The first-order valence-corrected chi connectivity index (χ1v) is 16.3. The highest BCUT2D eigenvalue weighted by Crippen LogP contribution is 2.41. The lowest BCUT2D eigenvalue weighted by atomic mass is 9.90. The predicted molar refractivity (Wildman–Crippen MR) is 200 cm³/mol. The lowest BCUT2D eigenvalue weighted by Gasteiger charge is -2.18. The molecule has 9 rings (SSSR count). The molecule has 7 aromatic carbocycles. The average Bonchev–Trinajstić information content (AvgIpc) is 3.69. The second kappa shape index (κ2) is 11.4. The minimum atomic E-state index is 0.583. The summed E-state index contributed by atoms with van der Waals surface area (Å²) in [7, 11) is 0. The Morgan fingerprint density at radius 2 is 1.00 bits per heavy atom. The lowest BCUT2D eigenvalue weighted by molar-refractivity contribution is 1.18. The maximum Gasteiger partial charge on any atom is 0.0998 e. The molecular formula is C45H25N5. The van der Waals surface area contributed by atoms with Gasteiger partial charge >= 0.3 is 0 Å². The van der Waals surface area contributed by atoms with Gasteiger partial charge in [0.2, 0.25) is 0 Å². The number of hydrogen-bond donors (Lipinski definition) is 0. The second-order valence-electron chi connectivity index (χ2n) is 12.3. The van der Waals surface area contributed by atoms with Crippen LogP contribution in [0.2, 0.25) is 0 Å². The standard InChI is InChI=1S/C45H25N5/c46-26-29-17-23-43-39(24-29)36-11-3-4-13-40(36)49(43)33-20-18-31(19-21-33)45-32(28-48)8-7-12-38(45)35-10-2-6-15-42(35)50-41-14-5-1-9-34(41)37-22-16-30(27-47)25-44(37)50/h1-25H. The summed E-state index contributed by atoms with van der Waals surface area (Å²) < 4.78 is 4.45. The number of nitrogens with zero attached hydrogens (tertiary/aromatic N) is 5. The van der Waals surface area contributed by atoms with Crippen LogP contribution in [-0.4, -0.2) is 9.13 Å². The van der Waals surface area contributed by atoms with Crippen LogP contribution in [0.1, 0.15) is 16.7 Å². The Balaban J connectivity index is 1.24. The quantitative estimate of drug-likeness (QED) is 0.193. The van der Waals surface area contributed by atoms with Gasteiger partial charge in [-0.15, -0.1) is 0 Å². The summed E-state index contributed by atoms with van der Waals surface area (Å²) in [6.45, 7) is 0. The molecule has 0 aliphatic carbocycles. The van der Waals surface area contributed by atoms with E-state index in [1.807, 2.05) is 84.9 Å². The van der Waals surface area contributed by atoms with E-state index in [1.54, 1.807) is 0 Å². The van der Waals surface area contributed by atoms with Crippen molar-refractivity contribution in [3.63, 3.8) is 0 Å². The molecule has 9 aromatic rings. The van der Waals surface area contributed by atoms with Crippen LogP contribution in [0, 0.1) is 34.0 Å². The van der Waals surface area contributed by atoms with Gasteiger partial charge in [-0.05, 0) is 77.9 Å². The minimum absolute atomic E-state index is 0.583. The van der Waals surface area contributed by atoms with Crippen LogP contribution in [0.4, 0.5) is 0 Å². The summed E-state index contributed by atoms with van der Waals surface area (Å²) in [5, 5.41) is 34.1. The molecule has 0 spiro atoms. The van der Waals surface area contributed by atoms with E-state index in [2.05, 4.69) is 94.1 Å². The molecule has 0 aliphatic rings. The summed E-state index contributed by atoms with van der Waals surface area (Å²) in [6.07, 6.45) is 0. The van der Waals surface area contributed by atoms with Crippen LogP contribution >= 0.6 is 0 Å². The molecular weight excluding hydrogens is 611 g/mol. The van der Waals surface area contributed by atoms with Crippen molar-refractivity contribution >= 4 is 43.6 Å². The fourth-order valence-corrected chi connectivity index (χ4v) is 7.47. The van der Waals surface area contributed by atoms with E-state index in [0.717, 1.165) is 77.2 Å². The molecule has 2 aromatic heterocycles. The van der Waals surface area contributed by atoms with E-state index in [-0.39, 0.29) is 0 Å². The maximum absolute atomic E-state index is 10.4. The molecule has 5 nitrogen and oxygen atoms in total. The van der Waals surface area contributed by atoms with E-state index in [0.29, 0.717) is 16.7 Å². The van der Waals surface area contributed by atoms with E-state index in [4.69, 9.17) is 0 Å². The fourth-order valence-electron chi connectivity index (χ4n) is 7.47. The van der Waals surface area contributed by atoms with Gasteiger partial charge in [0.15, 0.2) is 0 Å². The van der Waals surface area contributed by atoms with E-state index < -0.39 is 0 Å². The summed E-state index contributed by atoms with van der Waals surface area (Å²) >= 11 is 0. The van der Waals surface area contributed by atoms with Gasteiger partial charge < -0.3 is 9.13 Å². The zero-order chi connectivity index (χ0) is 33.8. The molecule has 0 radical (unpaired) electrons. The summed E-state index contributed by atoms with van der Waals surface area (Å²) in [6, 6.07) is 57.8. The van der Waals surface area contributed by atoms with Gasteiger partial charge in [-0.25, -0.2) is 0 Å². The van der Waals surface area contributed by atoms with Crippen LogP contribution in [-0.2, 0) is 0 Å². The molecule has 0 amide bonds. The molecule has 50 heavy (non-hydrogen) atoms. The van der Waals surface area contributed by atoms with Gasteiger partial charge in [-0.2, -0.15) is 15.8 Å². The zero-order valence-electron chi connectivity index (χ0n) is 26.7. The molecule has 0 unspecified atom stereocenters. The summed E-state index contributed by atoms with van der Waals surface area (Å²) in [5.74, 6) is 0. The number of benzene rings is 7. The molecule has 0 saturated heterocycles. The molecule has 230 valence electrons. The highest BCUT2D eigenvalue weighted by Gasteiger charge is 2.20. The minimum Gasteiger partial charge on any atom is -0.309 e. The predicted octanol–water partition coefficient (Wildman–Crippen LogP) is 10.8. The molecule has 0 bridgehead atoms. The highest BCUT2D eigenvalue weighted by atomic mass is 15.0. The summed E-state index contributed by atoms with van der Waals surface area (Å²) in [5.41, 5.74) is 11.5. The van der Waals surface area contributed by atoms with Crippen molar-refractivity contribution in [3.8, 4) is 51.8 Å². The van der Waals surface area contributed by atoms with Crippen molar-refractivity contribution in [1.29, 1.82) is 15.8 Å². The number of para-hydroxylation sites is 3. The highest BCUT2D eigenvalue weighted by molar-refractivity contribution is 6.11. The third-order valence-corrected chi connectivity index (χ3v) is 9.64. The average molecular weight is 636 g/mol. The first-order chi connectivity index (χ1) is 24.7. The van der Waals surface area contributed by atoms with Gasteiger partial charge in [0.25, 0.3) is 0 Å². The third kappa shape index (κ3) is 4.31. The Hall–Kier alpha value is -7.39. The Labute approximate surface area is 287 Å². The van der Waals surface area contributed by atoms with Gasteiger partial charge in [0.1, 0.15) is 0 Å². The van der Waals surface area contributed by atoms with Crippen molar-refractivity contribution < 1.29 is 0 Å². The van der Waals surface area contributed by atoms with Gasteiger partial charge in [0, 0.05) is 38.4 Å². The third-order valence-electron chi connectivity index (χ3n) is 9.64. The number of hydrogen-bond acceptors (Lipinski definition) is 3. The van der Waals surface area contributed by atoms with Crippen LogP contribution in [0.5, 0.6) is 0 Å². The first-order valence-electron chi connectivity index (χ1n) is 16.3. The van der Waals surface area contributed by atoms with Gasteiger partial charge in [-0.1, -0.05) is 84.9 Å². The van der Waals surface area contributed by atoms with Crippen molar-refractivity contribution in [3.05, 3.63) is 168 Å². The number of nitriles is 3. The summed E-state index contributed by atoms with van der Waals surface area (Å²) in [4.78, 5) is 0. The van der Waals surface area contributed by atoms with E-state index in [9.17, 15) is 15.8 Å². The van der Waals surface area contributed by atoms with Crippen LogP contribution in [0.15, 0.2) is 152 Å². The van der Waals surface area contributed by atoms with Crippen LogP contribution in [0.25, 0.3) is 77.2 Å². The molecule has 5 heteroatoms. The van der Waals surface area contributed by atoms with Crippen molar-refractivity contribution in [2.75, 3.05) is 0 Å². The van der Waals surface area contributed by atoms with Crippen LogP contribution < -0.4 is 0 Å². The number of fused-ring (bicyclic) bond motifs is 6. The molecule has 0 fully saturated rings. The normalized spacial score (nSPS) is 11.1. The molecule has 0 atom stereocenters. The Bertz CT molecular complexity index is 2960. The Morgan fingerprint density at radius 1 is 0.400 bits per heavy atom. The zero-order valence-corrected chi connectivity index (χ0v) is 26.7. The molecule has 0 N–H and O–H groups in total. The topological polar surface area (TPSA) is 81.2 Å². The smallest absolute Gasteiger partial charge is 0.0998 e. The number of aromatic nitrogens is 2. The Morgan fingerprint density at radius 3 is 1.76 bits per heavy atom. The second-order valence-corrected chi connectivity index (χ2v) is 12.3. The SMILES string of the molecule is N#Cc1ccc2c(c1)c1ccccc1n2-c1ccc(-c2c(C#N)cccc2-c2ccccc2-n2c3ccccc3c3ccc(C#N)cc32)cc1. The lowest BCUT2D eigenvalue weighted by Crippen LogP contribution is -1.99. The number of rotatable bonds is 4. The Kier molecular flexibility index (Phi) is 6.56. The molecule has 0 aliphatic heterocycles. The van der Waals surface area contributed by atoms with E-state index >= 15 is 0 Å². The van der Waals surface area contributed by atoms with Crippen molar-refractivity contribution in [1.82, 2.24) is 9.13 Å². The van der Waals surface area contributed by atoms with Crippen molar-refractivity contribution in [2.45, 2.75) is 0 Å². The molecule has 0 saturated carbocycles.